The lowest BCUT2D eigenvalue weighted by Gasteiger charge is -2.22. The van der Waals surface area contributed by atoms with E-state index in [9.17, 15) is 19.2 Å². The predicted molar refractivity (Wildman–Crippen MR) is 196 cm³/mol. The van der Waals surface area contributed by atoms with E-state index in [2.05, 4.69) is 31.2 Å². The van der Waals surface area contributed by atoms with Crippen LogP contribution in [0.3, 0.4) is 0 Å². The van der Waals surface area contributed by atoms with Gasteiger partial charge < -0.3 is 30.7 Å². The molecule has 4 N–H and O–H groups in total. The first-order valence-electron chi connectivity index (χ1n) is 16.7. The third kappa shape index (κ3) is 8.29. The van der Waals surface area contributed by atoms with Crippen LogP contribution in [-0.4, -0.2) is 93.3 Å². The Morgan fingerprint density at radius 1 is 0.680 bits per heavy atom. The summed E-state index contributed by atoms with van der Waals surface area (Å²) in [4.78, 5) is 73.5. The van der Waals surface area contributed by atoms with Gasteiger partial charge in [-0.15, -0.1) is 22.7 Å². The fourth-order valence-electron chi connectivity index (χ4n) is 5.99. The van der Waals surface area contributed by atoms with Crippen molar-refractivity contribution in [1.29, 1.82) is 0 Å². The van der Waals surface area contributed by atoms with Crippen LogP contribution in [0.5, 0.6) is 0 Å². The first-order valence-corrected chi connectivity index (χ1v) is 21.0. The summed E-state index contributed by atoms with van der Waals surface area (Å²) in [6.07, 6.45) is 0.0196. The third-order valence-corrected chi connectivity index (χ3v) is 12.8. The zero-order chi connectivity index (χ0) is 35.7. The van der Waals surface area contributed by atoms with Crippen LogP contribution in [0.4, 0.5) is 0 Å². The third-order valence-electron chi connectivity index (χ3n) is 8.48. The number of ether oxygens (including phenoxy) is 2. The minimum Gasteiger partial charge on any atom is -0.474 e. The van der Waals surface area contributed by atoms with Gasteiger partial charge in [-0.1, -0.05) is 49.3 Å². The number of amides is 4. The number of fused-ring (bicyclic) bond motifs is 13. The number of rotatable bonds is 4. The summed E-state index contributed by atoms with van der Waals surface area (Å²) in [6, 6.07) is -3.99. The number of hydrogen-bond donors (Lipinski definition) is 4. The average Bonchev–Trinajstić information content (AvgIpc) is 3.86. The second kappa shape index (κ2) is 15.6. The molecule has 4 amide bonds. The smallest absolute Gasteiger partial charge is 0.271 e. The molecule has 0 saturated carbocycles. The van der Waals surface area contributed by atoms with Gasteiger partial charge in [0.1, 0.15) is 45.7 Å². The maximum absolute atomic E-state index is 13.7. The van der Waals surface area contributed by atoms with E-state index < -0.39 is 60.3 Å². The van der Waals surface area contributed by atoms with E-state index in [-0.39, 0.29) is 46.8 Å². The molecule has 2 aromatic heterocycles. The quantitative estimate of drug-likeness (QED) is 0.335. The van der Waals surface area contributed by atoms with Gasteiger partial charge >= 0.3 is 0 Å². The molecule has 0 aromatic carbocycles. The molecule has 0 fully saturated rings. The van der Waals surface area contributed by atoms with Crippen LogP contribution >= 0.6 is 44.3 Å². The van der Waals surface area contributed by atoms with Crippen molar-refractivity contribution in [2.45, 2.75) is 103 Å². The summed E-state index contributed by atoms with van der Waals surface area (Å²) in [7, 11) is 2.86. The van der Waals surface area contributed by atoms with Crippen LogP contribution in [0.25, 0.3) is 0 Å². The Balaban J connectivity index is 1.42. The van der Waals surface area contributed by atoms with Gasteiger partial charge in [0, 0.05) is 22.3 Å². The Labute approximate surface area is 306 Å². The Kier molecular flexibility index (Phi) is 11.4. The number of carbonyl (C=O) groups excluding carboxylic acids is 4. The lowest BCUT2D eigenvalue weighted by Crippen LogP contribution is -2.44. The molecular weight excluding hydrogens is 721 g/mol. The molecule has 50 heavy (non-hydrogen) atoms. The summed E-state index contributed by atoms with van der Waals surface area (Å²) in [5.74, 6) is 0.109. The maximum Gasteiger partial charge on any atom is 0.271 e. The summed E-state index contributed by atoms with van der Waals surface area (Å²) >= 11 is 2.59. The fourth-order valence-corrected chi connectivity index (χ4v) is 10.0. The SMILES string of the molecule is CC(C)C[C@H]1NC(=O)[C@H]2N=C(O[C@@H]2C)C2CSSCC(NC(=O)c3csc1n3)C1=N[C@H](C(=O)N[C@H](CC(C)C)c3nc(cs3)C(=O)N2)[C@@H](C)O1. The van der Waals surface area contributed by atoms with Gasteiger partial charge in [0.15, 0.2) is 12.1 Å². The van der Waals surface area contributed by atoms with Crippen molar-refractivity contribution in [3.8, 4) is 0 Å². The van der Waals surface area contributed by atoms with E-state index >= 15 is 0 Å². The van der Waals surface area contributed by atoms with E-state index in [0.29, 0.717) is 34.4 Å². The molecule has 2 aromatic rings. The van der Waals surface area contributed by atoms with E-state index in [1.165, 1.54) is 44.3 Å². The second-order valence-corrected chi connectivity index (χ2v) is 17.9. The topological polar surface area (TPSA) is 185 Å². The molecule has 14 nitrogen and oxygen atoms in total. The fraction of sp³-hybridized carbons (Fsp3) is 0.625. The number of carbonyl (C=O) groups is 4. The number of hydrogen-bond acceptors (Lipinski definition) is 14. The highest BCUT2D eigenvalue weighted by Gasteiger charge is 2.41. The van der Waals surface area contributed by atoms with Crippen LogP contribution in [0.2, 0.25) is 0 Å². The number of aromatic nitrogens is 2. The minimum absolute atomic E-state index is 0.208. The molecule has 270 valence electrons. The molecule has 8 atom stereocenters. The highest BCUT2D eigenvalue weighted by Crippen LogP contribution is 2.31. The van der Waals surface area contributed by atoms with E-state index in [1.54, 1.807) is 24.6 Å². The highest BCUT2D eigenvalue weighted by molar-refractivity contribution is 8.76. The Morgan fingerprint density at radius 2 is 1.08 bits per heavy atom. The minimum atomic E-state index is -0.847. The van der Waals surface area contributed by atoms with Crippen LogP contribution in [0, 0.1) is 11.8 Å². The van der Waals surface area contributed by atoms with Crippen molar-refractivity contribution in [3.63, 3.8) is 0 Å². The van der Waals surface area contributed by atoms with Gasteiger partial charge in [0.05, 0.1) is 12.1 Å². The maximum atomic E-state index is 13.7. The van der Waals surface area contributed by atoms with Crippen LogP contribution in [0.1, 0.15) is 97.5 Å². The van der Waals surface area contributed by atoms with Crippen molar-refractivity contribution in [3.05, 3.63) is 32.2 Å². The van der Waals surface area contributed by atoms with Gasteiger partial charge in [0.25, 0.3) is 11.8 Å². The number of nitrogens with zero attached hydrogens (tertiary/aromatic N) is 4. The monoisotopic (exact) mass is 762 g/mol. The van der Waals surface area contributed by atoms with Crippen LogP contribution < -0.4 is 21.3 Å². The Morgan fingerprint density at radius 3 is 1.46 bits per heavy atom. The van der Waals surface area contributed by atoms with Gasteiger partial charge in [-0.25, -0.2) is 20.0 Å². The Bertz CT molecular complexity index is 1560. The average molecular weight is 763 g/mol. The molecular formula is C32H42N8O6S4. The van der Waals surface area contributed by atoms with E-state index in [4.69, 9.17) is 19.5 Å². The molecule has 6 heterocycles. The zero-order valence-corrected chi connectivity index (χ0v) is 31.9. The molecule has 0 spiro atoms. The van der Waals surface area contributed by atoms with Crippen LogP contribution in [0.15, 0.2) is 20.7 Å². The van der Waals surface area contributed by atoms with Crippen molar-refractivity contribution in [2.24, 2.45) is 21.8 Å². The van der Waals surface area contributed by atoms with Gasteiger partial charge in [0.2, 0.25) is 23.6 Å². The van der Waals surface area contributed by atoms with E-state index in [1.807, 2.05) is 27.7 Å². The first kappa shape index (κ1) is 36.6. The molecule has 2 unspecified atom stereocenters. The molecule has 0 saturated heterocycles. The van der Waals surface area contributed by atoms with Gasteiger partial charge in [-0.3, -0.25) is 19.2 Å². The number of aliphatic imine (C=N–C) groups is 2. The lowest BCUT2D eigenvalue weighted by molar-refractivity contribution is -0.125. The molecule has 10 bridgehead atoms. The van der Waals surface area contributed by atoms with Crippen molar-refractivity contribution >= 4 is 79.7 Å². The van der Waals surface area contributed by atoms with E-state index in [0.717, 1.165) is 0 Å². The lowest BCUT2D eigenvalue weighted by atomic mass is 10.0. The Hall–Kier alpha value is -3.22. The highest BCUT2D eigenvalue weighted by atomic mass is 33.1. The first-order chi connectivity index (χ1) is 23.9. The molecule has 6 rings (SSSR count). The van der Waals surface area contributed by atoms with Crippen molar-refractivity contribution in [1.82, 2.24) is 31.2 Å². The summed E-state index contributed by atoms with van der Waals surface area (Å²) in [5, 5.41) is 16.8. The molecule has 4 aliphatic rings. The van der Waals surface area contributed by atoms with Gasteiger partial charge in [-0.2, -0.15) is 0 Å². The molecule has 4 aliphatic heterocycles. The second-order valence-electron chi connectivity index (χ2n) is 13.6. The normalized spacial score (nSPS) is 30.6. The zero-order valence-electron chi connectivity index (χ0n) is 28.6. The summed E-state index contributed by atoms with van der Waals surface area (Å²) < 4.78 is 12.3. The molecule has 0 radical (unpaired) electrons. The standard InChI is InChI=1S/C32H42N8O6S4/c1-13(2)7-17-31-37-19(9-47-31)25(41)35-22-12-50-49-11-21(29-39-23(15(5)45-29)27(43)33-17)36-26(42)20-10-48-32(38-20)18(8-14(3)4)34-28(44)24-16(6)46-30(22)40-24/h9-10,13-18,21-24H,7-8,11-12H2,1-6H3,(H,33,43)(H,34,44)(H,35,41)(H,36,42)/t15-,16-,17-,18-,21?,22?,23+,24+/m1/s1. The molecule has 0 aliphatic carbocycles. The van der Waals surface area contributed by atoms with Crippen molar-refractivity contribution in [2.75, 3.05) is 11.5 Å². The number of thiazole rings is 2. The van der Waals surface area contributed by atoms with Crippen molar-refractivity contribution < 1.29 is 28.7 Å². The predicted octanol–water partition coefficient (Wildman–Crippen LogP) is 3.68. The summed E-state index contributed by atoms with van der Waals surface area (Å²) in [6.45, 7) is 11.8. The summed E-state index contributed by atoms with van der Waals surface area (Å²) in [5.41, 5.74) is 0.415. The molecule has 18 heteroatoms. The van der Waals surface area contributed by atoms with Crippen LogP contribution in [-0.2, 0) is 19.1 Å². The largest absolute Gasteiger partial charge is 0.474 e. The van der Waals surface area contributed by atoms with Gasteiger partial charge in [-0.05, 0) is 38.5 Å². The number of nitrogens with one attached hydrogen (secondary N) is 4.